The molecule has 0 amide bonds. The first-order chi connectivity index (χ1) is 8.83. The maximum absolute atomic E-state index is 5.58. The SMILES string of the molecule is Cc1ccc(-c2[nH]ncc2CNc2cnns2)o1. The van der Waals surface area contributed by atoms with Gasteiger partial charge in [-0.25, -0.2) is 0 Å². The van der Waals surface area contributed by atoms with Gasteiger partial charge in [-0.1, -0.05) is 4.49 Å². The zero-order valence-corrected chi connectivity index (χ0v) is 10.5. The summed E-state index contributed by atoms with van der Waals surface area (Å²) < 4.78 is 9.38. The Balaban J connectivity index is 1.79. The molecule has 0 fully saturated rings. The van der Waals surface area contributed by atoms with E-state index in [4.69, 9.17) is 4.42 Å². The van der Waals surface area contributed by atoms with Crippen LogP contribution in [-0.2, 0) is 6.54 Å². The van der Waals surface area contributed by atoms with E-state index in [1.807, 2.05) is 19.1 Å². The van der Waals surface area contributed by atoms with Crippen molar-refractivity contribution in [1.82, 2.24) is 19.8 Å². The Morgan fingerprint density at radius 1 is 1.39 bits per heavy atom. The van der Waals surface area contributed by atoms with Gasteiger partial charge in [0.1, 0.15) is 16.5 Å². The Morgan fingerprint density at radius 2 is 2.33 bits per heavy atom. The lowest BCUT2D eigenvalue weighted by Crippen LogP contribution is -1.97. The predicted octanol–water partition coefficient (Wildman–Crippen LogP) is 2.44. The maximum atomic E-state index is 5.58. The van der Waals surface area contributed by atoms with E-state index >= 15 is 0 Å². The molecule has 18 heavy (non-hydrogen) atoms. The average molecular weight is 261 g/mol. The van der Waals surface area contributed by atoms with Crippen molar-refractivity contribution in [2.24, 2.45) is 0 Å². The second kappa shape index (κ2) is 4.61. The molecule has 0 aliphatic rings. The first-order valence-corrected chi connectivity index (χ1v) is 6.20. The first-order valence-electron chi connectivity index (χ1n) is 5.43. The van der Waals surface area contributed by atoms with Crippen LogP contribution < -0.4 is 5.32 Å². The van der Waals surface area contributed by atoms with Gasteiger partial charge in [0.2, 0.25) is 0 Å². The van der Waals surface area contributed by atoms with Gasteiger partial charge in [0.25, 0.3) is 0 Å². The van der Waals surface area contributed by atoms with Crippen LogP contribution in [0, 0.1) is 6.92 Å². The molecule has 0 aliphatic heterocycles. The van der Waals surface area contributed by atoms with Crippen molar-refractivity contribution >= 4 is 16.5 Å². The highest BCUT2D eigenvalue weighted by Gasteiger charge is 2.11. The third-order valence-electron chi connectivity index (χ3n) is 2.52. The number of hydrogen-bond donors (Lipinski definition) is 2. The fourth-order valence-corrected chi connectivity index (χ4v) is 2.07. The van der Waals surface area contributed by atoms with E-state index in [9.17, 15) is 0 Å². The van der Waals surface area contributed by atoms with Crippen LogP contribution in [0.15, 0.2) is 28.9 Å². The largest absolute Gasteiger partial charge is 0.460 e. The number of hydrogen-bond acceptors (Lipinski definition) is 6. The molecule has 0 saturated heterocycles. The van der Waals surface area contributed by atoms with Crippen molar-refractivity contribution < 1.29 is 4.42 Å². The maximum Gasteiger partial charge on any atom is 0.152 e. The average Bonchev–Trinajstić information content (AvgIpc) is 3.07. The standard InChI is InChI=1S/C11H11N5OS/c1-7-2-3-9(17-7)11-8(5-13-15-11)4-12-10-6-14-16-18-10/h2-3,5-6,12H,4H2,1H3,(H,13,15). The predicted molar refractivity (Wildman–Crippen MR) is 68.3 cm³/mol. The highest BCUT2D eigenvalue weighted by atomic mass is 32.1. The van der Waals surface area contributed by atoms with Crippen molar-refractivity contribution in [3.05, 3.63) is 35.9 Å². The summed E-state index contributed by atoms with van der Waals surface area (Å²) in [6.07, 6.45) is 3.48. The van der Waals surface area contributed by atoms with Crippen LogP contribution in [0.1, 0.15) is 11.3 Å². The molecule has 6 nitrogen and oxygen atoms in total. The normalized spacial score (nSPS) is 10.7. The molecule has 0 atom stereocenters. The van der Waals surface area contributed by atoms with Crippen molar-refractivity contribution in [1.29, 1.82) is 0 Å². The number of anilines is 1. The van der Waals surface area contributed by atoms with E-state index < -0.39 is 0 Å². The molecular formula is C11H11N5OS. The highest BCUT2D eigenvalue weighted by molar-refractivity contribution is 7.09. The summed E-state index contributed by atoms with van der Waals surface area (Å²) in [5.41, 5.74) is 1.94. The molecule has 2 N–H and O–H groups in total. The molecule has 0 spiro atoms. The summed E-state index contributed by atoms with van der Waals surface area (Å²) in [5, 5.41) is 14.9. The minimum absolute atomic E-state index is 0.648. The molecule has 0 unspecified atom stereocenters. The Kier molecular flexibility index (Phi) is 2.81. The lowest BCUT2D eigenvalue weighted by molar-refractivity contribution is 0.545. The Bertz CT molecular complexity index is 627. The molecule has 3 aromatic rings. The summed E-state index contributed by atoms with van der Waals surface area (Å²) in [6, 6.07) is 3.86. The lowest BCUT2D eigenvalue weighted by Gasteiger charge is -2.02. The van der Waals surface area contributed by atoms with Gasteiger partial charge in [-0.2, -0.15) is 5.10 Å². The second-order valence-corrected chi connectivity index (χ2v) is 4.60. The van der Waals surface area contributed by atoms with Gasteiger partial charge >= 0.3 is 0 Å². The molecule has 7 heteroatoms. The van der Waals surface area contributed by atoms with Crippen molar-refractivity contribution in [2.75, 3.05) is 5.32 Å². The molecule has 0 radical (unpaired) electrons. The summed E-state index contributed by atoms with van der Waals surface area (Å²) in [4.78, 5) is 0. The van der Waals surface area contributed by atoms with Gasteiger partial charge in [0.15, 0.2) is 5.76 Å². The van der Waals surface area contributed by atoms with Gasteiger partial charge in [-0.3, -0.25) is 5.10 Å². The van der Waals surface area contributed by atoms with Crippen LogP contribution >= 0.6 is 11.5 Å². The molecule has 3 heterocycles. The number of aromatic amines is 1. The quantitative estimate of drug-likeness (QED) is 0.754. The number of furan rings is 1. The van der Waals surface area contributed by atoms with E-state index in [0.29, 0.717) is 6.54 Å². The molecule has 0 aromatic carbocycles. The minimum atomic E-state index is 0.648. The number of H-pyrrole nitrogens is 1. The van der Waals surface area contributed by atoms with Gasteiger partial charge in [-0.15, -0.1) is 5.10 Å². The van der Waals surface area contributed by atoms with Gasteiger partial charge in [0.05, 0.1) is 12.4 Å². The van der Waals surface area contributed by atoms with Crippen molar-refractivity contribution in [2.45, 2.75) is 13.5 Å². The summed E-state index contributed by atoms with van der Waals surface area (Å²) in [5.74, 6) is 1.68. The molecule has 0 saturated carbocycles. The fourth-order valence-electron chi connectivity index (χ4n) is 1.65. The summed E-state index contributed by atoms with van der Waals surface area (Å²) >= 11 is 1.32. The van der Waals surface area contributed by atoms with Crippen molar-refractivity contribution in [3.8, 4) is 11.5 Å². The van der Waals surface area contributed by atoms with Crippen LogP contribution in [0.5, 0.6) is 0 Å². The van der Waals surface area contributed by atoms with E-state index in [-0.39, 0.29) is 0 Å². The number of nitrogens with zero attached hydrogens (tertiary/aromatic N) is 3. The van der Waals surface area contributed by atoms with Crippen molar-refractivity contribution in [3.63, 3.8) is 0 Å². The molecule has 3 rings (SSSR count). The van der Waals surface area contributed by atoms with Crippen LogP contribution in [0.25, 0.3) is 11.5 Å². The van der Waals surface area contributed by atoms with Gasteiger partial charge in [-0.05, 0) is 19.1 Å². The summed E-state index contributed by atoms with van der Waals surface area (Å²) in [6.45, 7) is 2.57. The number of nitrogens with one attached hydrogen (secondary N) is 2. The van der Waals surface area contributed by atoms with E-state index in [1.165, 1.54) is 11.5 Å². The Morgan fingerprint density at radius 3 is 3.06 bits per heavy atom. The van der Waals surface area contributed by atoms with Crippen LogP contribution in [0.2, 0.25) is 0 Å². The second-order valence-electron chi connectivity index (χ2n) is 3.82. The zero-order chi connectivity index (χ0) is 12.4. The molecule has 0 aliphatic carbocycles. The summed E-state index contributed by atoms with van der Waals surface area (Å²) in [7, 11) is 0. The fraction of sp³-hybridized carbons (Fsp3) is 0.182. The number of aromatic nitrogens is 4. The van der Waals surface area contributed by atoms with Crippen LogP contribution in [0.3, 0.4) is 0 Å². The van der Waals surface area contributed by atoms with E-state index in [1.54, 1.807) is 12.4 Å². The number of rotatable bonds is 4. The topological polar surface area (TPSA) is 79.6 Å². The van der Waals surface area contributed by atoms with E-state index in [2.05, 4.69) is 25.1 Å². The molecule has 92 valence electrons. The van der Waals surface area contributed by atoms with Crippen LogP contribution in [0.4, 0.5) is 5.00 Å². The van der Waals surface area contributed by atoms with Gasteiger partial charge < -0.3 is 9.73 Å². The monoisotopic (exact) mass is 261 g/mol. The van der Waals surface area contributed by atoms with Gasteiger partial charge in [0, 0.05) is 23.6 Å². The van der Waals surface area contributed by atoms with E-state index in [0.717, 1.165) is 27.8 Å². The zero-order valence-electron chi connectivity index (χ0n) is 9.67. The smallest absolute Gasteiger partial charge is 0.152 e. The molecule has 0 bridgehead atoms. The third kappa shape index (κ3) is 2.12. The first kappa shape index (κ1) is 11.0. The Labute approximate surface area is 107 Å². The third-order valence-corrected chi connectivity index (χ3v) is 3.14. The lowest BCUT2D eigenvalue weighted by atomic mass is 10.2. The molecular weight excluding hydrogens is 250 g/mol. The number of aryl methyl sites for hydroxylation is 1. The highest BCUT2D eigenvalue weighted by Crippen LogP contribution is 2.24. The Hall–Kier alpha value is -2.15. The molecule has 3 aromatic heterocycles. The van der Waals surface area contributed by atoms with Crippen LogP contribution in [-0.4, -0.2) is 19.8 Å². The minimum Gasteiger partial charge on any atom is -0.460 e.